The standard InChI is InChI=1S/C17H15N5O3/c1-11-17(24)22(16(21-20-11)13-5-7-18-8-6-13)19-10-12-3-4-14(23)15(9-12)25-2/h3-10,23H,1-2H3/b19-10+. The molecule has 0 aliphatic carbocycles. The first-order valence-electron chi connectivity index (χ1n) is 7.38. The fraction of sp³-hybridized carbons (Fsp3) is 0.118. The van der Waals surface area contributed by atoms with Gasteiger partial charge in [0.15, 0.2) is 17.3 Å². The number of benzene rings is 1. The maximum atomic E-state index is 12.4. The zero-order valence-electron chi connectivity index (χ0n) is 13.6. The highest BCUT2D eigenvalue weighted by molar-refractivity contribution is 5.81. The summed E-state index contributed by atoms with van der Waals surface area (Å²) in [5.41, 5.74) is 1.18. The van der Waals surface area contributed by atoms with E-state index in [0.29, 0.717) is 22.7 Å². The van der Waals surface area contributed by atoms with Crippen molar-refractivity contribution in [1.82, 2.24) is 19.9 Å². The van der Waals surface area contributed by atoms with Crippen molar-refractivity contribution in [1.29, 1.82) is 0 Å². The highest BCUT2D eigenvalue weighted by Crippen LogP contribution is 2.25. The Balaban J connectivity index is 2.08. The molecule has 0 fully saturated rings. The SMILES string of the molecule is COc1cc(/C=N/n2c(-c3ccncc3)nnc(C)c2=O)ccc1O. The van der Waals surface area contributed by atoms with Gasteiger partial charge in [-0.3, -0.25) is 9.78 Å². The molecule has 0 saturated heterocycles. The Bertz CT molecular complexity index is 983. The minimum Gasteiger partial charge on any atom is -0.504 e. The molecular formula is C17H15N5O3. The number of phenolic OH excluding ortho intramolecular Hbond substituents is 1. The first-order chi connectivity index (χ1) is 12.1. The van der Waals surface area contributed by atoms with Crippen LogP contribution >= 0.6 is 0 Å². The van der Waals surface area contributed by atoms with Gasteiger partial charge in [0.1, 0.15) is 5.69 Å². The zero-order chi connectivity index (χ0) is 17.8. The molecule has 3 aromatic rings. The van der Waals surface area contributed by atoms with E-state index in [9.17, 15) is 9.90 Å². The third-order valence-corrected chi connectivity index (χ3v) is 3.46. The molecule has 0 spiro atoms. The molecule has 8 heteroatoms. The second-order valence-corrected chi connectivity index (χ2v) is 5.14. The maximum absolute atomic E-state index is 12.4. The first-order valence-corrected chi connectivity index (χ1v) is 7.38. The van der Waals surface area contributed by atoms with E-state index in [4.69, 9.17) is 4.74 Å². The van der Waals surface area contributed by atoms with Gasteiger partial charge in [0.05, 0.1) is 13.3 Å². The number of aromatic hydroxyl groups is 1. The van der Waals surface area contributed by atoms with Crippen LogP contribution < -0.4 is 10.3 Å². The van der Waals surface area contributed by atoms with Crippen LogP contribution in [0.2, 0.25) is 0 Å². The topological polar surface area (TPSA) is 102 Å². The van der Waals surface area contributed by atoms with Gasteiger partial charge in [-0.1, -0.05) is 0 Å². The average molecular weight is 337 g/mol. The van der Waals surface area contributed by atoms with Crippen LogP contribution in [-0.4, -0.2) is 38.3 Å². The van der Waals surface area contributed by atoms with E-state index < -0.39 is 0 Å². The van der Waals surface area contributed by atoms with Crippen LogP contribution in [0, 0.1) is 6.92 Å². The van der Waals surface area contributed by atoms with E-state index in [-0.39, 0.29) is 17.0 Å². The Morgan fingerprint density at radius 2 is 1.96 bits per heavy atom. The fourth-order valence-corrected chi connectivity index (χ4v) is 2.14. The molecule has 0 atom stereocenters. The van der Waals surface area contributed by atoms with Crippen molar-refractivity contribution < 1.29 is 9.84 Å². The zero-order valence-corrected chi connectivity index (χ0v) is 13.6. The van der Waals surface area contributed by atoms with Crippen LogP contribution in [0.15, 0.2) is 52.6 Å². The minimum absolute atomic E-state index is 0.0238. The monoisotopic (exact) mass is 337 g/mol. The van der Waals surface area contributed by atoms with Crippen molar-refractivity contribution in [2.45, 2.75) is 6.92 Å². The molecule has 2 aromatic heterocycles. The molecule has 126 valence electrons. The molecule has 1 N–H and O–H groups in total. The number of pyridine rings is 1. The van der Waals surface area contributed by atoms with E-state index in [0.717, 1.165) is 0 Å². The van der Waals surface area contributed by atoms with Gasteiger partial charge in [0.25, 0.3) is 5.56 Å². The summed E-state index contributed by atoms with van der Waals surface area (Å²) in [5, 5.41) is 21.8. The third-order valence-electron chi connectivity index (χ3n) is 3.46. The van der Waals surface area contributed by atoms with Crippen LogP contribution in [0.4, 0.5) is 0 Å². The number of methoxy groups -OCH3 is 1. The van der Waals surface area contributed by atoms with Crippen molar-refractivity contribution in [3.05, 3.63) is 64.3 Å². The van der Waals surface area contributed by atoms with Gasteiger partial charge in [-0.05, 0) is 42.8 Å². The van der Waals surface area contributed by atoms with Crippen molar-refractivity contribution in [2.24, 2.45) is 5.10 Å². The van der Waals surface area contributed by atoms with Crippen molar-refractivity contribution >= 4 is 6.21 Å². The Morgan fingerprint density at radius 1 is 1.20 bits per heavy atom. The normalized spacial score (nSPS) is 11.0. The molecular weight excluding hydrogens is 322 g/mol. The van der Waals surface area contributed by atoms with Gasteiger partial charge >= 0.3 is 0 Å². The highest BCUT2D eigenvalue weighted by atomic mass is 16.5. The smallest absolute Gasteiger partial charge is 0.296 e. The lowest BCUT2D eigenvalue weighted by molar-refractivity contribution is 0.373. The largest absolute Gasteiger partial charge is 0.504 e. The molecule has 0 unspecified atom stereocenters. The van der Waals surface area contributed by atoms with Crippen LogP contribution in [0.3, 0.4) is 0 Å². The van der Waals surface area contributed by atoms with E-state index in [1.54, 1.807) is 43.6 Å². The van der Waals surface area contributed by atoms with E-state index in [1.807, 2.05) is 0 Å². The third kappa shape index (κ3) is 3.37. The number of ether oxygens (including phenoxy) is 1. The molecule has 0 amide bonds. The molecule has 0 bridgehead atoms. The van der Waals surface area contributed by atoms with Gasteiger partial charge in [-0.15, -0.1) is 10.2 Å². The van der Waals surface area contributed by atoms with Gasteiger partial charge < -0.3 is 9.84 Å². The summed E-state index contributed by atoms with van der Waals surface area (Å²) in [4.78, 5) is 16.4. The minimum atomic E-state index is -0.371. The van der Waals surface area contributed by atoms with Gasteiger partial charge in [-0.25, -0.2) is 0 Å². The Labute approximate surface area is 143 Å². The summed E-state index contributed by atoms with van der Waals surface area (Å²) in [6.07, 6.45) is 4.68. The number of nitrogens with zero attached hydrogens (tertiary/aromatic N) is 5. The second-order valence-electron chi connectivity index (χ2n) is 5.14. The number of aryl methyl sites for hydroxylation is 1. The lowest BCUT2D eigenvalue weighted by Gasteiger charge is -2.07. The molecule has 8 nitrogen and oxygen atoms in total. The predicted octanol–water partition coefficient (Wildman–Crippen LogP) is 1.61. The molecule has 0 aliphatic rings. The number of hydrogen-bond donors (Lipinski definition) is 1. The predicted molar refractivity (Wildman–Crippen MR) is 91.9 cm³/mol. The summed E-state index contributed by atoms with van der Waals surface area (Å²) in [7, 11) is 1.46. The Kier molecular flexibility index (Phi) is 4.51. The quantitative estimate of drug-likeness (QED) is 0.726. The second kappa shape index (κ2) is 6.91. The average Bonchev–Trinajstić information content (AvgIpc) is 2.64. The lowest BCUT2D eigenvalue weighted by Crippen LogP contribution is -2.24. The van der Waals surface area contributed by atoms with Crippen LogP contribution in [0.1, 0.15) is 11.3 Å². The number of phenols is 1. The number of hydrogen-bond acceptors (Lipinski definition) is 7. The van der Waals surface area contributed by atoms with Crippen molar-refractivity contribution in [3.8, 4) is 22.9 Å². The highest BCUT2D eigenvalue weighted by Gasteiger charge is 2.11. The van der Waals surface area contributed by atoms with Crippen molar-refractivity contribution in [2.75, 3.05) is 7.11 Å². The van der Waals surface area contributed by atoms with Crippen LogP contribution in [-0.2, 0) is 0 Å². The molecule has 1 aromatic carbocycles. The van der Waals surface area contributed by atoms with Gasteiger partial charge in [0, 0.05) is 18.0 Å². The molecule has 2 heterocycles. The summed E-state index contributed by atoms with van der Waals surface area (Å²) in [5.74, 6) is 0.644. The van der Waals surface area contributed by atoms with Crippen LogP contribution in [0.25, 0.3) is 11.4 Å². The number of aromatic nitrogens is 4. The summed E-state index contributed by atoms with van der Waals surface area (Å²) >= 11 is 0. The molecule has 3 rings (SSSR count). The van der Waals surface area contributed by atoms with E-state index >= 15 is 0 Å². The fourth-order valence-electron chi connectivity index (χ4n) is 2.14. The maximum Gasteiger partial charge on any atom is 0.296 e. The first kappa shape index (κ1) is 16.3. The summed E-state index contributed by atoms with van der Waals surface area (Å²) in [6.45, 7) is 1.57. The number of rotatable bonds is 4. The molecule has 0 saturated carbocycles. The van der Waals surface area contributed by atoms with Gasteiger partial charge in [-0.2, -0.15) is 9.78 Å². The van der Waals surface area contributed by atoms with E-state index in [1.165, 1.54) is 24.1 Å². The van der Waals surface area contributed by atoms with Crippen LogP contribution in [0.5, 0.6) is 11.5 Å². The summed E-state index contributed by atoms with van der Waals surface area (Å²) in [6, 6.07) is 8.18. The molecule has 0 aliphatic heterocycles. The molecule has 25 heavy (non-hydrogen) atoms. The van der Waals surface area contributed by atoms with E-state index in [2.05, 4.69) is 20.3 Å². The van der Waals surface area contributed by atoms with Gasteiger partial charge in [0.2, 0.25) is 0 Å². The van der Waals surface area contributed by atoms with Crippen molar-refractivity contribution in [3.63, 3.8) is 0 Å². The molecule has 0 radical (unpaired) electrons. The summed E-state index contributed by atoms with van der Waals surface area (Å²) < 4.78 is 6.24. The lowest BCUT2D eigenvalue weighted by atomic mass is 10.2. The Hall–Kier alpha value is -3.55. The Morgan fingerprint density at radius 3 is 2.68 bits per heavy atom.